The van der Waals surface area contributed by atoms with E-state index in [0.717, 1.165) is 18.2 Å². The van der Waals surface area contributed by atoms with Gasteiger partial charge in [-0.05, 0) is 30.3 Å². The van der Waals surface area contributed by atoms with E-state index in [0.29, 0.717) is 17.2 Å². The third-order valence-electron chi connectivity index (χ3n) is 2.58. The van der Waals surface area contributed by atoms with Crippen LogP contribution >= 0.6 is 0 Å². The van der Waals surface area contributed by atoms with Crippen molar-refractivity contribution in [2.24, 2.45) is 0 Å². The molecule has 0 radical (unpaired) electrons. The molecule has 0 saturated carbocycles. The number of hydrogen-bond acceptors (Lipinski definition) is 3. The maximum Gasteiger partial charge on any atom is 0.162 e. The van der Waals surface area contributed by atoms with Crippen LogP contribution in [0.2, 0.25) is 0 Å². The van der Waals surface area contributed by atoms with E-state index in [1.807, 2.05) is 0 Å². The summed E-state index contributed by atoms with van der Waals surface area (Å²) >= 11 is 0. The van der Waals surface area contributed by atoms with Crippen molar-refractivity contribution in [3.05, 3.63) is 53.6 Å². The van der Waals surface area contributed by atoms with Crippen molar-refractivity contribution in [1.82, 2.24) is 0 Å². The van der Waals surface area contributed by atoms with Gasteiger partial charge in [-0.3, -0.25) is 0 Å². The van der Waals surface area contributed by atoms with Gasteiger partial charge in [-0.15, -0.1) is 0 Å². The summed E-state index contributed by atoms with van der Waals surface area (Å²) in [5, 5.41) is 0. The molecule has 0 unspecified atom stereocenters. The molecule has 0 saturated heterocycles. The molecule has 0 aliphatic carbocycles. The quantitative estimate of drug-likeness (QED) is 0.864. The van der Waals surface area contributed by atoms with Gasteiger partial charge in [-0.1, -0.05) is 0 Å². The molecule has 0 fully saturated rings. The number of halogens is 2. The fraction of sp³-hybridized carbons (Fsp3) is 0.143. The van der Waals surface area contributed by atoms with Gasteiger partial charge in [-0.25, -0.2) is 8.78 Å². The van der Waals surface area contributed by atoms with Crippen molar-refractivity contribution in [2.45, 2.75) is 6.61 Å². The SMILES string of the molecule is COc1cc(N)ccc1OCc1cc(F)ccc1F. The summed E-state index contributed by atoms with van der Waals surface area (Å²) in [6, 6.07) is 8.07. The van der Waals surface area contributed by atoms with E-state index in [1.165, 1.54) is 7.11 Å². The number of nitrogens with two attached hydrogens (primary N) is 1. The second-order valence-corrected chi connectivity index (χ2v) is 3.93. The highest BCUT2D eigenvalue weighted by Gasteiger charge is 2.08. The Bertz CT molecular complexity index is 588. The lowest BCUT2D eigenvalue weighted by Crippen LogP contribution is -2.01. The Balaban J connectivity index is 2.16. The Hall–Kier alpha value is -2.30. The van der Waals surface area contributed by atoms with Gasteiger partial charge in [-0.2, -0.15) is 0 Å². The average Bonchev–Trinajstić information content (AvgIpc) is 2.40. The maximum atomic E-state index is 13.4. The minimum atomic E-state index is -0.518. The van der Waals surface area contributed by atoms with E-state index in [-0.39, 0.29) is 12.2 Å². The van der Waals surface area contributed by atoms with Crippen molar-refractivity contribution in [1.29, 1.82) is 0 Å². The van der Waals surface area contributed by atoms with Crippen LogP contribution in [-0.2, 0) is 6.61 Å². The van der Waals surface area contributed by atoms with E-state index in [2.05, 4.69) is 0 Å². The molecule has 0 aliphatic rings. The lowest BCUT2D eigenvalue weighted by atomic mass is 10.2. The summed E-state index contributed by atoms with van der Waals surface area (Å²) in [5.41, 5.74) is 6.28. The molecular weight excluding hydrogens is 252 g/mol. The van der Waals surface area contributed by atoms with Crippen molar-refractivity contribution in [2.75, 3.05) is 12.8 Å². The monoisotopic (exact) mass is 265 g/mol. The van der Waals surface area contributed by atoms with E-state index >= 15 is 0 Å². The first-order valence-corrected chi connectivity index (χ1v) is 5.60. The number of methoxy groups -OCH3 is 1. The highest BCUT2D eigenvalue weighted by Crippen LogP contribution is 2.29. The average molecular weight is 265 g/mol. The molecule has 2 N–H and O–H groups in total. The standard InChI is InChI=1S/C14H13F2NO2/c1-18-14-7-11(17)3-5-13(14)19-8-9-6-10(15)2-4-12(9)16/h2-7H,8,17H2,1H3. The van der Waals surface area contributed by atoms with Gasteiger partial charge in [0.2, 0.25) is 0 Å². The third kappa shape index (κ3) is 3.13. The zero-order valence-corrected chi connectivity index (χ0v) is 10.3. The number of rotatable bonds is 4. The molecule has 2 rings (SSSR count). The Morgan fingerprint density at radius 3 is 2.58 bits per heavy atom. The number of anilines is 1. The molecule has 2 aromatic carbocycles. The van der Waals surface area contributed by atoms with Crippen LogP contribution in [0, 0.1) is 11.6 Å². The summed E-state index contributed by atoms with van der Waals surface area (Å²) in [6.45, 7) is -0.0934. The third-order valence-corrected chi connectivity index (χ3v) is 2.58. The molecule has 100 valence electrons. The number of hydrogen-bond donors (Lipinski definition) is 1. The first kappa shape index (κ1) is 13.1. The number of nitrogen functional groups attached to an aromatic ring is 1. The smallest absolute Gasteiger partial charge is 0.162 e. The molecule has 0 spiro atoms. The summed E-state index contributed by atoms with van der Waals surface area (Å²) in [4.78, 5) is 0. The normalized spacial score (nSPS) is 10.3. The van der Waals surface area contributed by atoms with Crippen LogP contribution < -0.4 is 15.2 Å². The van der Waals surface area contributed by atoms with Gasteiger partial charge >= 0.3 is 0 Å². The fourth-order valence-corrected chi connectivity index (χ4v) is 1.61. The minimum absolute atomic E-state index is 0.0934. The Labute approximate surface area is 109 Å². The van der Waals surface area contributed by atoms with Gasteiger partial charge in [0.1, 0.15) is 18.2 Å². The number of ether oxygens (including phenoxy) is 2. The molecule has 0 aromatic heterocycles. The summed E-state index contributed by atoms with van der Waals surface area (Å²) in [6.07, 6.45) is 0. The first-order chi connectivity index (χ1) is 9.10. The summed E-state index contributed by atoms with van der Waals surface area (Å²) in [7, 11) is 1.48. The van der Waals surface area contributed by atoms with Crippen molar-refractivity contribution >= 4 is 5.69 Å². The van der Waals surface area contributed by atoms with E-state index in [9.17, 15) is 8.78 Å². The molecule has 0 atom stereocenters. The number of benzene rings is 2. The second-order valence-electron chi connectivity index (χ2n) is 3.93. The molecular formula is C14H13F2NO2. The molecule has 3 nitrogen and oxygen atoms in total. The first-order valence-electron chi connectivity index (χ1n) is 5.60. The van der Waals surface area contributed by atoms with Crippen LogP contribution in [0.15, 0.2) is 36.4 Å². The zero-order chi connectivity index (χ0) is 13.8. The minimum Gasteiger partial charge on any atom is -0.493 e. The van der Waals surface area contributed by atoms with Gasteiger partial charge in [0, 0.05) is 17.3 Å². The second kappa shape index (κ2) is 5.56. The molecule has 19 heavy (non-hydrogen) atoms. The molecule has 0 heterocycles. The van der Waals surface area contributed by atoms with E-state index in [1.54, 1.807) is 18.2 Å². The van der Waals surface area contributed by atoms with Crippen LogP contribution in [0.1, 0.15) is 5.56 Å². The highest BCUT2D eigenvalue weighted by molar-refractivity contribution is 5.51. The van der Waals surface area contributed by atoms with Gasteiger partial charge in [0.05, 0.1) is 7.11 Å². The van der Waals surface area contributed by atoms with Crippen molar-refractivity contribution in [3.63, 3.8) is 0 Å². The maximum absolute atomic E-state index is 13.4. The van der Waals surface area contributed by atoms with Gasteiger partial charge in [0.15, 0.2) is 11.5 Å². The van der Waals surface area contributed by atoms with E-state index in [4.69, 9.17) is 15.2 Å². The van der Waals surface area contributed by atoms with Crippen LogP contribution in [-0.4, -0.2) is 7.11 Å². The lowest BCUT2D eigenvalue weighted by Gasteiger charge is -2.11. The summed E-state index contributed by atoms with van der Waals surface area (Å²) < 4.78 is 36.9. The van der Waals surface area contributed by atoms with Crippen LogP contribution in [0.25, 0.3) is 0 Å². The molecule has 0 amide bonds. The van der Waals surface area contributed by atoms with Gasteiger partial charge in [0.25, 0.3) is 0 Å². The molecule has 0 aliphatic heterocycles. The molecule has 2 aromatic rings. The predicted molar refractivity (Wildman–Crippen MR) is 68.1 cm³/mol. The highest BCUT2D eigenvalue weighted by atomic mass is 19.1. The van der Waals surface area contributed by atoms with Crippen LogP contribution in [0.3, 0.4) is 0 Å². The van der Waals surface area contributed by atoms with E-state index < -0.39 is 11.6 Å². The molecule has 5 heteroatoms. The van der Waals surface area contributed by atoms with Crippen molar-refractivity contribution < 1.29 is 18.3 Å². The molecule has 0 bridgehead atoms. The lowest BCUT2D eigenvalue weighted by molar-refractivity contribution is 0.279. The van der Waals surface area contributed by atoms with Gasteiger partial charge < -0.3 is 15.2 Å². The predicted octanol–water partition coefficient (Wildman–Crippen LogP) is 3.13. The Morgan fingerprint density at radius 1 is 1.05 bits per heavy atom. The van der Waals surface area contributed by atoms with Crippen molar-refractivity contribution in [3.8, 4) is 11.5 Å². The fourth-order valence-electron chi connectivity index (χ4n) is 1.61. The van der Waals surface area contributed by atoms with Crippen LogP contribution in [0.4, 0.5) is 14.5 Å². The summed E-state index contributed by atoms with van der Waals surface area (Å²) in [5.74, 6) is -0.169. The topological polar surface area (TPSA) is 44.5 Å². The zero-order valence-electron chi connectivity index (χ0n) is 10.3. The Kier molecular flexibility index (Phi) is 3.85. The van der Waals surface area contributed by atoms with Crippen LogP contribution in [0.5, 0.6) is 11.5 Å². The Morgan fingerprint density at radius 2 is 1.84 bits per heavy atom. The largest absolute Gasteiger partial charge is 0.493 e.